The summed E-state index contributed by atoms with van der Waals surface area (Å²) >= 11 is 0. The van der Waals surface area contributed by atoms with Gasteiger partial charge in [0.05, 0.1) is 18.8 Å². The molecule has 1 heterocycles. The summed E-state index contributed by atoms with van der Waals surface area (Å²) in [6.45, 7) is 5.27. The Balaban J connectivity index is 1.97. The second kappa shape index (κ2) is 7.88. The van der Waals surface area contributed by atoms with Gasteiger partial charge in [-0.25, -0.2) is 0 Å². The van der Waals surface area contributed by atoms with Crippen molar-refractivity contribution in [2.24, 2.45) is 0 Å². The van der Waals surface area contributed by atoms with Crippen molar-refractivity contribution in [1.82, 2.24) is 10.2 Å². The smallest absolute Gasteiger partial charge is 0.0971 e. The summed E-state index contributed by atoms with van der Waals surface area (Å²) in [5.74, 6) is 0. The lowest BCUT2D eigenvalue weighted by Gasteiger charge is -2.43. The zero-order valence-corrected chi connectivity index (χ0v) is 13.8. The second-order valence-electron chi connectivity index (χ2n) is 6.62. The highest BCUT2D eigenvalue weighted by atomic mass is 16.5. The Morgan fingerprint density at radius 2 is 1.90 bits per heavy atom. The van der Waals surface area contributed by atoms with Crippen LogP contribution in [0.4, 0.5) is 0 Å². The molecule has 0 spiro atoms. The van der Waals surface area contributed by atoms with Gasteiger partial charge in [-0.15, -0.1) is 0 Å². The first-order valence-electron chi connectivity index (χ1n) is 8.33. The van der Waals surface area contributed by atoms with Crippen molar-refractivity contribution in [3.63, 3.8) is 0 Å². The number of methoxy groups -OCH3 is 2. The van der Waals surface area contributed by atoms with Gasteiger partial charge in [-0.2, -0.15) is 0 Å². The van der Waals surface area contributed by atoms with Crippen LogP contribution in [0.15, 0.2) is 0 Å². The van der Waals surface area contributed by atoms with Crippen LogP contribution in [0.5, 0.6) is 0 Å². The summed E-state index contributed by atoms with van der Waals surface area (Å²) in [7, 11) is 3.53. The molecular weight excluding hydrogens is 268 g/mol. The van der Waals surface area contributed by atoms with E-state index in [9.17, 15) is 5.11 Å². The van der Waals surface area contributed by atoms with Crippen LogP contribution >= 0.6 is 0 Å². The summed E-state index contributed by atoms with van der Waals surface area (Å²) in [5.41, 5.74) is -0.0906. The lowest BCUT2D eigenvalue weighted by Crippen LogP contribution is -2.56. The summed E-state index contributed by atoms with van der Waals surface area (Å²) in [4.78, 5) is 2.50. The molecule has 0 aromatic carbocycles. The largest absolute Gasteiger partial charge is 0.394 e. The maximum atomic E-state index is 9.89. The van der Waals surface area contributed by atoms with Gasteiger partial charge in [-0.3, -0.25) is 4.90 Å². The monoisotopic (exact) mass is 300 g/mol. The van der Waals surface area contributed by atoms with Crippen LogP contribution in [-0.2, 0) is 9.47 Å². The summed E-state index contributed by atoms with van der Waals surface area (Å²) < 4.78 is 11.1. The number of hydrogen-bond acceptors (Lipinski definition) is 5. The molecule has 1 saturated carbocycles. The van der Waals surface area contributed by atoms with E-state index < -0.39 is 0 Å². The van der Waals surface area contributed by atoms with Crippen molar-refractivity contribution in [3.8, 4) is 0 Å². The van der Waals surface area contributed by atoms with Crippen molar-refractivity contribution >= 4 is 0 Å². The normalized spacial score (nSPS) is 38.0. The van der Waals surface area contributed by atoms with Gasteiger partial charge in [0.2, 0.25) is 0 Å². The van der Waals surface area contributed by atoms with E-state index in [-0.39, 0.29) is 24.4 Å². The van der Waals surface area contributed by atoms with E-state index in [1.807, 2.05) is 0 Å². The zero-order chi connectivity index (χ0) is 15.3. The number of ether oxygens (including phenoxy) is 2. The van der Waals surface area contributed by atoms with Crippen LogP contribution in [0.2, 0.25) is 0 Å². The highest BCUT2D eigenvalue weighted by Crippen LogP contribution is 2.33. The number of aliphatic hydroxyl groups excluding tert-OH is 1. The molecule has 0 bridgehead atoms. The lowest BCUT2D eigenvalue weighted by atomic mass is 9.78. The fourth-order valence-electron chi connectivity index (χ4n) is 3.92. The van der Waals surface area contributed by atoms with Gasteiger partial charge in [0.1, 0.15) is 0 Å². The van der Waals surface area contributed by atoms with Gasteiger partial charge in [-0.1, -0.05) is 6.92 Å². The van der Waals surface area contributed by atoms with Gasteiger partial charge in [0.15, 0.2) is 0 Å². The molecule has 1 aliphatic heterocycles. The molecule has 5 heteroatoms. The summed E-state index contributed by atoms with van der Waals surface area (Å²) in [6, 6.07) is 0.521. The predicted octanol–water partition coefficient (Wildman–Crippen LogP) is 1.01. The molecule has 4 atom stereocenters. The van der Waals surface area contributed by atoms with Gasteiger partial charge < -0.3 is 19.9 Å². The molecule has 2 N–H and O–H groups in total. The van der Waals surface area contributed by atoms with Crippen molar-refractivity contribution in [2.45, 2.75) is 62.8 Å². The molecule has 0 radical (unpaired) electrons. The molecule has 1 saturated heterocycles. The minimum absolute atomic E-state index is 0.0906. The molecule has 1 aliphatic carbocycles. The summed E-state index contributed by atoms with van der Waals surface area (Å²) in [6.07, 6.45) is 5.93. The van der Waals surface area contributed by atoms with Crippen LogP contribution in [-0.4, -0.2) is 74.3 Å². The van der Waals surface area contributed by atoms with Crippen LogP contribution < -0.4 is 5.32 Å². The third-order valence-corrected chi connectivity index (χ3v) is 5.24. The molecular formula is C16H32N2O3. The number of rotatable bonds is 7. The number of hydrogen-bond donors (Lipinski definition) is 2. The molecule has 124 valence electrons. The molecule has 0 aromatic rings. The average molecular weight is 300 g/mol. The van der Waals surface area contributed by atoms with E-state index in [2.05, 4.69) is 17.1 Å². The minimum Gasteiger partial charge on any atom is -0.394 e. The Bertz CT molecular complexity index is 304. The SMILES string of the molecule is CCCNC1(CO)CCCC(N2CC(OC)C(OC)C2)C1. The maximum absolute atomic E-state index is 9.89. The quantitative estimate of drug-likeness (QED) is 0.735. The molecule has 2 fully saturated rings. The van der Waals surface area contributed by atoms with Crippen LogP contribution in [0.1, 0.15) is 39.0 Å². The van der Waals surface area contributed by atoms with Crippen LogP contribution in [0, 0.1) is 0 Å². The number of likely N-dealkylation sites (tertiary alicyclic amines) is 1. The van der Waals surface area contributed by atoms with Crippen LogP contribution in [0.25, 0.3) is 0 Å². The standard InChI is InChI=1S/C16H32N2O3/c1-4-8-17-16(12-19)7-5-6-13(9-16)18-10-14(20-2)15(11-18)21-3/h13-15,17,19H,4-12H2,1-3H3. The first-order valence-corrected chi connectivity index (χ1v) is 8.33. The summed E-state index contributed by atoms with van der Waals surface area (Å²) in [5, 5.41) is 13.5. The number of aliphatic hydroxyl groups is 1. The van der Waals surface area contributed by atoms with E-state index in [4.69, 9.17) is 9.47 Å². The predicted molar refractivity (Wildman–Crippen MR) is 83.5 cm³/mol. The van der Waals surface area contributed by atoms with Gasteiger partial charge in [-0.05, 0) is 38.6 Å². The third-order valence-electron chi connectivity index (χ3n) is 5.24. The van der Waals surface area contributed by atoms with Crippen molar-refractivity contribution < 1.29 is 14.6 Å². The second-order valence-corrected chi connectivity index (χ2v) is 6.62. The van der Waals surface area contributed by atoms with Gasteiger partial charge >= 0.3 is 0 Å². The lowest BCUT2D eigenvalue weighted by molar-refractivity contribution is -0.00461. The van der Waals surface area contributed by atoms with E-state index in [1.54, 1.807) is 14.2 Å². The molecule has 4 unspecified atom stereocenters. The first-order chi connectivity index (χ1) is 10.2. The van der Waals surface area contributed by atoms with E-state index in [0.29, 0.717) is 6.04 Å². The Hall–Kier alpha value is -0.200. The van der Waals surface area contributed by atoms with Crippen LogP contribution in [0.3, 0.4) is 0 Å². The van der Waals surface area contributed by atoms with Gasteiger partial charge in [0, 0.05) is 38.9 Å². The Morgan fingerprint density at radius 3 is 2.43 bits per heavy atom. The van der Waals surface area contributed by atoms with Crippen molar-refractivity contribution in [1.29, 1.82) is 0 Å². The van der Waals surface area contributed by atoms with E-state index in [1.165, 1.54) is 12.8 Å². The Morgan fingerprint density at radius 1 is 1.24 bits per heavy atom. The number of nitrogens with zero attached hydrogens (tertiary/aromatic N) is 1. The zero-order valence-electron chi connectivity index (χ0n) is 13.8. The topological polar surface area (TPSA) is 54.0 Å². The average Bonchev–Trinajstić information content (AvgIpc) is 2.96. The Kier molecular flexibility index (Phi) is 6.44. The fourth-order valence-corrected chi connectivity index (χ4v) is 3.92. The Labute approximate surface area is 129 Å². The van der Waals surface area contributed by atoms with E-state index in [0.717, 1.165) is 38.9 Å². The molecule has 21 heavy (non-hydrogen) atoms. The van der Waals surface area contributed by atoms with Gasteiger partial charge in [0.25, 0.3) is 0 Å². The third kappa shape index (κ3) is 3.96. The minimum atomic E-state index is -0.0906. The molecule has 0 aromatic heterocycles. The highest BCUT2D eigenvalue weighted by molar-refractivity contribution is 4.99. The van der Waals surface area contributed by atoms with Crippen molar-refractivity contribution in [3.05, 3.63) is 0 Å². The molecule has 5 nitrogen and oxygen atoms in total. The first kappa shape index (κ1) is 17.2. The molecule has 2 aliphatic rings. The van der Waals surface area contributed by atoms with Crippen molar-refractivity contribution in [2.75, 3.05) is 40.5 Å². The maximum Gasteiger partial charge on any atom is 0.0971 e. The number of nitrogens with one attached hydrogen (secondary N) is 1. The fraction of sp³-hybridized carbons (Fsp3) is 1.00. The van der Waals surface area contributed by atoms with E-state index >= 15 is 0 Å². The molecule has 2 rings (SSSR count). The molecule has 0 amide bonds. The highest BCUT2D eigenvalue weighted by Gasteiger charge is 2.42.